The molecule has 4 fully saturated rings. The zero-order chi connectivity index (χ0) is 103. The van der Waals surface area contributed by atoms with Crippen molar-refractivity contribution in [2.45, 2.75) is 134 Å². The van der Waals surface area contributed by atoms with Crippen LogP contribution in [0.3, 0.4) is 0 Å². The van der Waals surface area contributed by atoms with Crippen molar-refractivity contribution >= 4 is 83.4 Å². The van der Waals surface area contributed by atoms with E-state index in [2.05, 4.69) is 0 Å². The Morgan fingerprint density at radius 3 is 0.568 bits per heavy atom. The quantitative estimate of drug-likeness (QED) is 0.0281. The minimum Gasteiger partial charge on any atom is -0.452 e. The van der Waals surface area contributed by atoms with E-state index in [1.165, 1.54) is 243 Å². The van der Waals surface area contributed by atoms with Crippen molar-refractivity contribution in [1.29, 1.82) is 0 Å². The van der Waals surface area contributed by atoms with E-state index >= 15 is 38.4 Å². The van der Waals surface area contributed by atoms with E-state index in [0.717, 1.165) is 17.3 Å². The van der Waals surface area contributed by atoms with Crippen LogP contribution < -0.4 is 0 Å². The average Bonchev–Trinajstić information content (AvgIpc) is 0.772. The second-order valence-corrected chi connectivity index (χ2v) is 35.3. The van der Waals surface area contributed by atoms with Crippen molar-refractivity contribution in [3.63, 3.8) is 0 Å². The summed E-state index contributed by atoms with van der Waals surface area (Å²) in [5, 5.41) is 11.6. The monoisotopic (exact) mass is 2020 g/mol. The van der Waals surface area contributed by atoms with E-state index in [4.69, 9.17) is 90.0 Å². The zero-order valence-electron chi connectivity index (χ0n) is 78.8. The average molecular weight is 2020 g/mol. The number of carbonyl (C=O) groups is 12. The highest BCUT2D eigenvalue weighted by Gasteiger charge is 2.61. The molecule has 4 heterocycles. The predicted molar refractivity (Wildman–Crippen MR) is 524 cm³/mol. The summed E-state index contributed by atoms with van der Waals surface area (Å²) in [6.07, 6.45) is -38.8. The van der Waals surface area contributed by atoms with Gasteiger partial charge in [-0.2, -0.15) is 0 Å². The second kappa shape index (κ2) is 49.9. The first-order chi connectivity index (χ1) is 72.2. The normalized spacial score (nSPS) is 23.4. The Hall–Kier alpha value is -16.5. The molecular formula is C115H96O32S. The molecule has 4 aliphatic heterocycles. The standard InChI is InChI=1S/C115H96O32S/c1-70-62-64-83(65-63-70)148-115-99(147-111(128)82-60-36-13-37-61-82)95(143-107(124)78-52-28-9-29-53-78)91(139-103(120)74-44-20-5-21-45-74)87(135-115)69-131-114-98(146-110(127)81-58-34-12-35-59-81)94(142-106(123)77-50-26-8-27-51-77)90(138-102(119)73-42-18-4-19-43-73)86(134-114)68-130-113-97(145-109(126)80-56-32-11-33-57-80)93(141-105(122)76-48-24-7-25-49-76)89(137-101(118)72-40-16-3-17-41-72)85(133-113)67-129-112-96(144-108(125)79-54-30-10-31-55-79)92(140-104(121)75-46-22-6-23-47-75)88(84(66-116)132-112)136-100(117)71-38-14-2-15-39-71/h2-65,84-99,112-116H,66-69H2,1H3/t84-,85-,86-,87-,88-,89-,90-,91-,92+,93+,94+,95+,96+,97+,98+,99+,112+,113+,114+,115-/m1/s1. The van der Waals surface area contributed by atoms with Gasteiger partial charge in [0.15, 0.2) is 92.1 Å². The SMILES string of the molecule is Cc1ccc(S[C@H]2O[C@H](CO[C@H]3O[C@H](CO[C@H]4O[C@H](CO[C@H]5O[C@H](CO)[C@@H](OC(=O)c6ccccc6)[C@H](OC(=O)c6ccccc6)[C@@H]5OC(=O)c5ccccc5)[C@@H](OC(=O)c5ccccc5)[C@H](OC(=O)c5ccccc5)[C@@H]4OC(=O)c4ccccc4)[C@@H](OC(=O)c4ccccc4)[C@H](OC(=O)c4ccccc4)[C@@H]3OC(=O)c3ccccc3)[C@@H](OC(=O)c3ccccc3)[C@H](OC(=O)c3ccccc3)[C@@H]2OC(=O)c2ccccc2)cc1. The largest absolute Gasteiger partial charge is 0.452 e. The molecule has 0 radical (unpaired) electrons. The van der Waals surface area contributed by atoms with Crippen LogP contribution in [0, 0.1) is 6.92 Å². The van der Waals surface area contributed by atoms with Gasteiger partial charge in [-0.25, -0.2) is 57.5 Å². The minimum atomic E-state index is -2.31. The van der Waals surface area contributed by atoms with Crippen molar-refractivity contribution in [3.05, 3.63) is 461 Å². The molecular weight excluding hydrogens is 1930 g/mol. The molecule has 13 aromatic rings. The van der Waals surface area contributed by atoms with Gasteiger partial charge in [0.1, 0.15) is 29.9 Å². The number of ether oxygens (including phenoxy) is 19. The summed E-state index contributed by atoms with van der Waals surface area (Å²) in [7, 11) is 0. The van der Waals surface area contributed by atoms with E-state index in [-0.39, 0.29) is 66.8 Å². The highest BCUT2D eigenvalue weighted by molar-refractivity contribution is 7.99. The van der Waals surface area contributed by atoms with Crippen molar-refractivity contribution in [3.8, 4) is 0 Å². The van der Waals surface area contributed by atoms with Gasteiger partial charge in [-0.1, -0.05) is 248 Å². The van der Waals surface area contributed by atoms with Gasteiger partial charge in [-0.3, -0.25) is 0 Å². The molecule has 4 aliphatic rings. The zero-order valence-corrected chi connectivity index (χ0v) is 79.7. The number of aliphatic hydroxyl groups is 1. The Morgan fingerprint density at radius 1 is 0.203 bits per heavy atom. The maximum atomic E-state index is 15.5. The number of aryl methyl sites for hydroxylation is 1. The molecule has 13 aromatic carbocycles. The smallest absolute Gasteiger partial charge is 0.338 e. The molecule has 4 saturated heterocycles. The van der Waals surface area contributed by atoms with Crippen molar-refractivity contribution in [2.24, 2.45) is 0 Å². The Morgan fingerprint density at radius 2 is 0.365 bits per heavy atom. The van der Waals surface area contributed by atoms with Crippen LogP contribution in [-0.2, 0) is 90.0 Å². The highest BCUT2D eigenvalue weighted by Crippen LogP contribution is 2.43. The lowest BCUT2D eigenvalue weighted by Gasteiger charge is -2.48. The second-order valence-electron chi connectivity index (χ2n) is 34.1. The van der Waals surface area contributed by atoms with E-state index in [9.17, 15) is 24.3 Å². The third-order valence-corrected chi connectivity index (χ3v) is 25.3. The summed E-state index contributed by atoms with van der Waals surface area (Å²) in [4.78, 5) is 182. The molecule has 0 amide bonds. The number of benzene rings is 13. The first-order valence-electron chi connectivity index (χ1n) is 47.2. The van der Waals surface area contributed by atoms with Gasteiger partial charge in [-0.05, 0) is 165 Å². The Bertz CT molecular complexity index is 6670. The fourth-order valence-corrected chi connectivity index (χ4v) is 17.8. The fourth-order valence-electron chi connectivity index (χ4n) is 16.7. The number of thioether (sulfide) groups is 1. The molecule has 0 bridgehead atoms. The lowest BCUT2D eigenvalue weighted by atomic mass is 9.96. The van der Waals surface area contributed by atoms with E-state index in [0.29, 0.717) is 4.90 Å². The van der Waals surface area contributed by atoms with Gasteiger partial charge in [-0.15, -0.1) is 0 Å². The van der Waals surface area contributed by atoms with Gasteiger partial charge >= 0.3 is 71.6 Å². The van der Waals surface area contributed by atoms with Crippen LogP contribution in [0.2, 0.25) is 0 Å². The molecule has 0 spiro atoms. The highest BCUT2D eigenvalue weighted by atomic mass is 32.2. The molecule has 0 unspecified atom stereocenters. The lowest BCUT2D eigenvalue weighted by Crippen LogP contribution is -2.66. The summed E-state index contributed by atoms with van der Waals surface area (Å²) in [5.41, 5.74) is -1.50. The maximum Gasteiger partial charge on any atom is 0.338 e. The van der Waals surface area contributed by atoms with E-state index in [1.54, 1.807) is 133 Å². The third-order valence-electron chi connectivity index (χ3n) is 24.1. The van der Waals surface area contributed by atoms with Crippen molar-refractivity contribution < 1.29 is 153 Å². The summed E-state index contributed by atoms with van der Waals surface area (Å²) < 4.78 is 127. The number of rotatable bonds is 36. The van der Waals surface area contributed by atoms with Crippen molar-refractivity contribution in [2.75, 3.05) is 26.4 Å². The maximum absolute atomic E-state index is 15.5. The summed E-state index contributed by atoms with van der Waals surface area (Å²) in [5.74, 6) is -13.0. The molecule has 1 N–H and O–H groups in total. The minimum absolute atomic E-state index is 0.00355. The molecule has 754 valence electrons. The van der Waals surface area contributed by atoms with E-state index < -0.39 is 220 Å². The Balaban J connectivity index is 0.818. The summed E-state index contributed by atoms with van der Waals surface area (Å²) >= 11 is 1.01. The van der Waals surface area contributed by atoms with Crippen LogP contribution in [-0.4, -0.2) is 225 Å². The number of esters is 12. The molecule has 33 heteroatoms. The Labute approximate surface area is 852 Å². The van der Waals surface area contributed by atoms with Gasteiger partial charge < -0.3 is 95.1 Å². The van der Waals surface area contributed by atoms with Crippen LogP contribution >= 0.6 is 11.8 Å². The van der Waals surface area contributed by atoms with Gasteiger partial charge in [0.05, 0.1) is 93.2 Å². The van der Waals surface area contributed by atoms with Gasteiger partial charge in [0.2, 0.25) is 0 Å². The number of hydrogen-bond acceptors (Lipinski definition) is 33. The molecule has 0 aromatic heterocycles. The molecule has 20 atom stereocenters. The van der Waals surface area contributed by atoms with Crippen LogP contribution in [0.4, 0.5) is 0 Å². The molecule has 0 saturated carbocycles. The number of carbonyl (C=O) groups excluding carboxylic acids is 12. The van der Waals surface area contributed by atoms with Crippen LogP contribution in [0.15, 0.2) is 393 Å². The first-order valence-corrected chi connectivity index (χ1v) is 48.0. The molecule has 148 heavy (non-hydrogen) atoms. The number of hydrogen-bond donors (Lipinski definition) is 1. The van der Waals surface area contributed by atoms with Gasteiger partial charge in [0, 0.05) is 4.90 Å². The molecule has 17 rings (SSSR count). The van der Waals surface area contributed by atoms with Gasteiger partial charge in [0.25, 0.3) is 0 Å². The number of aliphatic hydroxyl groups excluding tert-OH is 1. The predicted octanol–water partition coefficient (Wildman–Crippen LogP) is 15.7. The summed E-state index contributed by atoms with van der Waals surface area (Å²) in [6.45, 7) is -2.29. The lowest BCUT2D eigenvalue weighted by molar-refractivity contribution is -0.341. The van der Waals surface area contributed by atoms with Crippen LogP contribution in [0.25, 0.3) is 0 Å². The summed E-state index contributed by atoms with van der Waals surface area (Å²) in [6, 6.07) is 97.5. The molecule has 0 aliphatic carbocycles. The first kappa shape index (κ1) is 103. The Kier molecular flexibility index (Phi) is 34.7. The topological polar surface area (TPSA) is 400 Å². The fraction of sp³-hybridized carbons (Fsp3) is 0.217. The van der Waals surface area contributed by atoms with E-state index in [1.807, 2.05) is 19.1 Å². The third kappa shape index (κ3) is 26.1. The molecule has 32 nitrogen and oxygen atoms in total. The van der Waals surface area contributed by atoms with Crippen LogP contribution in [0.5, 0.6) is 0 Å². The van der Waals surface area contributed by atoms with Crippen molar-refractivity contribution in [1.82, 2.24) is 0 Å². The van der Waals surface area contributed by atoms with Crippen LogP contribution in [0.1, 0.15) is 130 Å².